The molecule has 0 aliphatic carbocycles. The van der Waals surface area contributed by atoms with Crippen LogP contribution in [0.2, 0.25) is 0 Å². The van der Waals surface area contributed by atoms with Gasteiger partial charge in [0.15, 0.2) is 5.96 Å². The molecule has 130 valence electrons. The Kier molecular flexibility index (Phi) is 11.5. The largest absolute Gasteiger partial charge is 0.356 e. The Balaban J connectivity index is 0.00000484. The van der Waals surface area contributed by atoms with Gasteiger partial charge in [0, 0.05) is 40.2 Å². The van der Waals surface area contributed by atoms with Crippen LogP contribution < -0.4 is 10.6 Å². The van der Waals surface area contributed by atoms with E-state index in [1.54, 1.807) is 26.0 Å². The van der Waals surface area contributed by atoms with Gasteiger partial charge in [-0.3, -0.25) is 9.79 Å². The van der Waals surface area contributed by atoms with Gasteiger partial charge in [-0.2, -0.15) is 0 Å². The number of hydrogen-bond donors (Lipinski definition) is 2. The van der Waals surface area contributed by atoms with E-state index in [1.807, 2.05) is 6.07 Å². The van der Waals surface area contributed by atoms with E-state index in [4.69, 9.17) is 0 Å². The summed E-state index contributed by atoms with van der Waals surface area (Å²) in [5.74, 6) is 0.854. The van der Waals surface area contributed by atoms with Crippen LogP contribution in [0, 0.1) is 0 Å². The van der Waals surface area contributed by atoms with Crippen LogP contribution in [0.25, 0.3) is 0 Å². The van der Waals surface area contributed by atoms with E-state index in [0.29, 0.717) is 19.0 Å². The first-order valence-corrected chi connectivity index (χ1v) is 7.74. The lowest BCUT2D eigenvalue weighted by atomic mass is 10.1. The summed E-state index contributed by atoms with van der Waals surface area (Å²) >= 11 is 0. The highest BCUT2D eigenvalue weighted by molar-refractivity contribution is 14.0. The Bertz CT molecular complexity index is 477. The Morgan fingerprint density at radius 2 is 1.91 bits per heavy atom. The molecule has 0 aliphatic rings. The number of carbonyl (C=O) groups is 1. The first kappa shape index (κ1) is 21.7. The zero-order valence-electron chi connectivity index (χ0n) is 14.5. The minimum absolute atomic E-state index is 0. The SMILES string of the molecule is CN=C(NCCC(=O)N(C)C)NC(C)CCc1ccccc1.I. The molecule has 0 saturated heterocycles. The van der Waals surface area contributed by atoms with Crippen LogP contribution in [-0.4, -0.2) is 50.5 Å². The number of halogens is 1. The average molecular weight is 432 g/mol. The summed E-state index contributed by atoms with van der Waals surface area (Å²) in [6.45, 7) is 2.73. The second-order valence-corrected chi connectivity index (χ2v) is 5.61. The summed E-state index contributed by atoms with van der Waals surface area (Å²) < 4.78 is 0. The highest BCUT2D eigenvalue weighted by Crippen LogP contribution is 2.04. The fourth-order valence-corrected chi connectivity index (χ4v) is 2.04. The maximum atomic E-state index is 11.5. The molecule has 23 heavy (non-hydrogen) atoms. The number of hydrogen-bond acceptors (Lipinski definition) is 2. The van der Waals surface area contributed by atoms with E-state index in [9.17, 15) is 4.79 Å². The lowest BCUT2D eigenvalue weighted by molar-refractivity contribution is -0.128. The molecule has 1 aromatic rings. The third kappa shape index (κ3) is 9.43. The van der Waals surface area contributed by atoms with Gasteiger partial charge in [0.25, 0.3) is 0 Å². The minimum Gasteiger partial charge on any atom is -0.356 e. The van der Waals surface area contributed by atoms with Crippen LogP contribution in [-0.2, 0) is 11.2 Å². The van der Waals surface area contributed by atoms with Gasteiger partial charge in [-0.15, -0.1) is 24.0 Å². The summed E-state index contributed by atoms with van der Waals surface area (Å²) in [5.41, 5.74) is 1.34. The quantitative estimate of drug-likeness (QED) is 0.395. The molecule has 1 atom stereocenters. The number of rotatable bonds is 7. The highest BCUT2D eigenvalue weighted by atomic mass is 127. The molecule has 6 heteroatoms. The van der Waals surface area contributed by atoms with Crippen molar-refractivity contribution < 1.29 is 4.79 Å². The predicted molar refractivity (Wildman–Crippen MR) is 107 cm³/mol. The van der Waals surface area contributed by atoms with E-state index in [-0.39, 0.29) is 29.9 Å². The van der Waals surface area contributed by atoms with Crippen molar-refractivity contribution in [1.29, 1.82) is 0 Å². The summed E-state index contributed by atoms with van der Waals surface area (Å²) in [5, 5.41) is 6.53. The van der Waals surface area contributed by atoms with Crippen molar-refractivity contribution >= 4 is 35.8 Å². The van der Waals surface area contributed by atoms with Gasteiger partial charge in [-0.1, -0.05) is 30.3 Å². The number of guanidine groups is 1. The van der Waals surface area contributed by atoms with Crippen molar-refractivity contribution in [2.45, 2.75) is 32.2 Å². The Hall–Kier alpha value is -1.31. The number of aliphatic imine (C=N–C) groups is 1. The third-order valence-electron chi connectivity index (χ3n) is 3.45. The van der Waals surface area contributed by atoms with Gasteiger partial charge in [-0.05, 0) is 25.3 Å². The number of benzene rings is 1. The average Bonchev–Trinajstić information content (AvgIpc) is 2.52. The zero-order valence-corrected chi connectivity index (χ0v) is 16.8. The number of aryl methyl sites for hydroxylation is 1. The minimum atomic E-state index is 0. The molecule has 0 bridgehead atoms. The van der Waals surface area contributed by atoms with Crippen molar-refractivity contribution in [3.05, 3.63) is 35.9 Å². The number of carbonyl (C=O) groups excluding carboxylic acids is 1. The molecule has 0 fully saturated rings. The van der Waals surface area contributed by atoms with Crippen LogP contribution in [0.3, 0.4) is 0 Å². The van der Waals surface area contributed by atoms with Crippen LogP contribution in [0.15, 0.2) is 35.3 Å². The molecule has 0 aromatic heterocycles. The number of nitrogens with one attached hydrogen (secondary N) is 2. The fraction of sp³-hybridized carbons (Fsp3) is 0.529. The molecule has 1 amide bonds. The molecule has 0 spiro atoms. The van der Waals surface area contributed by atoms with Crippen molar-refractivity contribution in [3.8, 4) is 0 Å². The standard InChI is InChI=1S/C17H28N4O.HI/c1-14(10-11-15-8-6-5-7-9-15)20-17(18-2)19-13-12-16(22)21(3)4;/h5-9,14H,10-13H2,1-4H3,(H2,18,19,20);1H. The van der Waals surface area contributed by atoms with E-state index in [0.717, 1.165) is 18.8 Å². The Morgan fingerprint density at radius 1 is 1.26 bits per heavy atom. The number of amides is 1. The second kappa shape index (κ2) is 12.2. The molecule has 2 N–H and O–H groups in total. The molecule has 0 aliphatic heterocycles. The van der Waals surface area contributed by atoms with Gasteiger partial charge in [-0.25, -0.2) is 0 Å². The lowest BCUT2D eigenvalue weighted by Gasteiger charge is -2.18. The predicted octanol–water partition coefficient (Wildman–Crippen LogP) is 2.27. The molecule has 1 rings (SSSR count). The lowest BCUT2D eigenvalue weighted by Crippen LogP contribution is -2.43. The maximum Gasteiger partial charge on any atom is 0.223 e. The zero-order chi connectivity index (χ0) is 16.4. The summed E-state index contributed by atoms with van der Waals surface area (Å²) in [6, 6.07) is 10.8. The van der Waals surface area contributed by atoms with Gasteiger partial charge in [0.2, 0.25) is 5.91 Å². The molecule has 1 aromatic carbocycles. The maximum absolute atomic E-state index is 11.5. The normalized spacial score (nSPS) is 12.1. The first-order chi connectivity index (χ1) is 10.5. The first-order valence-electron chi connectivity index (χ1n) is 7.74. The van der Waals surface area contributed by atoms with Crippen LogP contribution in [0.4, 0.5) is 0 Å². The van der Waals surface area contributed by atoms with Crippen molar-refractivity contribution in [3.63, 3.8) is 0 Å². The van der Waals surface area contributed by atoms with Gasteiger partial charge < -0.3 is 15.5 Å². The van der Waals surface area contributed by atoms with Gasteiger partial charge in [0.05, 0.1) is 0 Å². The summed E-state index contributed by atoms with van der Waals surface area (Å²) in [4.78, 5) is 17.3. The van der Waals surface area contributed by atoms with Crippen molar-refractivity contribution in [2.24, 2.45) is 4.99 Å². The molecule has 0 saturated carbocycles. The molecular weight excluding hydrogens is 403 g/mol. The van der Waals surface area contributed by atoms with Crippen LogP contribution in [0.1, 0.15) is 25.3 Å². The van der Waals surface area contributed by atoms with E-state index in [1.165, 1.54) is 5.56 Å². The van der Waals surface area contributed by atoms with E-state index >= 15 is 0 Å². The van der Waals surface area contributed by atoms with E-state index in [2.05, 4.69) is 46.8 Å². The monoisotopic (exact) mass is 432 g/mol. The van der Waals surface area contributed by atoms with Gasteiger partial charge >= 0.3 is 0 Å². The summed E-state index contributed by atoms with van der Waals surface area (Å²) in [7, 11) is 5.27. The highest BCUT2D eigenvalue weighted by Gasteiger charge is 2.07. The third-order valence-corrected chi connectivity index (χ3v) is 3.45. The Labute approximate surface area is 157 Å². The van der Waals surface area contributed by atoms with Gasteiger partial charge in [0.1, 0.15) is 0 Å². The smallest absolute Gasteiger partial charge is 0.223 e. The van der Waals surface area contributed by atoms with Crippen LogP contribution in [0.5, 0.6) is 0 Å². The molecule has 1 unspecified atom stereocenters. The second-order valence-electron chi connectivity index (χ2n) is 5.61. The Morgan fingerprint density at radius 3 is 2.48 bits per heavy atom. The summed E-state index contributed by atoms with van der Waals surface area (Å²) in [6.07, 6.45) is 2.53. The molecule has 5 nitrogen and oxygen atoms in total. The van der Waals surface area contributed by atoms with Crippen LogP contribution >= 0.6 is 24.0 Å². The van der Waals surface area contributed by atoms with Crippen molar-refractivity contribution in [2.75, 3.05) is 27.7 Å². The van der Waals surface area contributed by atoms with Crippen molar-refractivity contribution in [1.82, 2.24) is 15.5 Å². The van der Waals surface area contributed by atoms with E-state index < -0.39 is 0 Å². The molecule has 0 heterocycles. The molecular formula is C17H29IN4O. The molecule has 0 radical (unpaired) electrons. The topological polar surface area (TPSA) is 56.7 Å². The number of nitrogens with zero attached hydrogens (tertiary/aromatic N) is 2. The fourth-order valence-electron chi connectivity index (χ4n) is 2.04.